The fraction of sp³-hybridized carbons (Fsp3) is 0.200. The number of hydrogen-bond acceptors (Lipinski definition) is 3. The molecule has 0 radical (unpaired) electrons. The van der Waals surface area contributed by atoms with Gasteiger partial charge in [-0.15, -0.1) is 0 Å². The SMILES string of the molecule is CCC(=O)NC(=S)NNc1ccccc1. The van der Waals surface area contributed by atoms with E-state index >= 15 is 0 Å². The normalized spacial score (nSPS) is 9.13. The molecule has 0 aliphatic rings. The van der Waals surface area contributed by atoms with Crippen LogP contribution in [0, 0.1) is 0 Å². The highest BCUT2D eigenvalue weighted by atomic mass is 32.1. The Morgan fingerprint density at radius 1 is 1.33 bits per heavy atom. The Balaban J connectivity index is 2.32. The number of amides is 1. The third-order valence-electron chi connectivity index (χ3n) is 1.67. The van der Waals surface area contributed by atoms with Crippen LogP contribution in [0.3, 0.4) is 0 Å². The maximum Gasteiger partial charge on any atom is 0.225 e. The summed E-state index contributed by atoms with van der Waals surface area (Å²) in [5.41, 5.74) is 6.46. The summed E-state index contributed by atoms with van der Waals surface area (Å²) < 4.78 is 0. The van der Waals surface area contributed by atoms with Crippen molar-refractivity contribution >= 4 is 28.9 Å². The monoisotopic (exact) mass is 223 g/mol. The molecule has 0 unspecified atom stereocenters. The number of carbonyl (C=O) groups excluding carboxylic acids is 1. The van der Waals surface area contributed by atoms with Crippen LogP contribution in [0.2, 0.25) is 0 Å². The van der Waals surface area contributed by atoms with Crippen LogP contribution < -0.4 is 16.2 Å². The Labute approximate surface area is 94.0 Å². The topological polar surface area (TPSA) is 53.2 Å². The molecular weight excluding hydrogens is 210 g/mol. The van der Waals surface area contributed by atoms with Gasteiger partial charge in [0, 0.05) is 6.42 Å². The van der Waals surface area contributed by atoms with Crippen LogP contribution in [-0.4, -0.2) is 11.0 Å². The second-order valence-electron chi connectivity index (χ2n) is 2.85. The third-order valence-corrected chi connectivity index (χ3v) is 1.87. The summed E-state index contributed by atoms with van der Waals surface area (Å²) >= 11 is 4.89. The number of anilines is 1. The first-order valence-electron chi connectivity index (χ1n) is 4.63. The molecule has 0 saturated carbocycles. The van der Waals surface area contributed by atoms with Gasteiger partial charge in [0.15, 0.2) is 5.11 Å². The zero-order valence-corrected chi connectivity index (χ0v) is 9.23. The highest BCUT2D eigenvalue weighted by molar-refractivity contribution is 7.80. The number of nitrogens with one attached hydrogen (secondary N) is 3. The van der Waals surface area contributed by atoms with Gasteiger partial charge in [0.1, 0.15) is 0 Å². The van der Waals surface area contributed by atoms with Gasteiger partial charge in [0.25, 0.3) is 0 Å². The van der Waals surface area contributed by atoms with Gasteiger partial charge in [-0.05, 0) is 24.4 Å². The van der Waals surface area contributed by atoms with Crippen LogP contribution >= 0.6 is 12.2 Å². The molecule has 3 N–H and O–H groups in total. The van der Waals surface area contributed by atoms with Crippen molar-refractivity contribution in [1.82, 2.24) is 10.7 Å². The Morgan fingerprint density at radius 3 is 2.60 bits per heavy atom. The van der Waals surface area contributed by atoms with Crippen LogP contribution in [0.25, 0.3) is 0 Å². The van der Waals surface area contributed by atoms with E-state index in [0.717, 1.165) is 5.69 Å². The molecule has 1 amide bonds. The first-order chi connectivity index (χ1) is 7.22. The van der Waals surface area contributed by atoms with Crippen molar-refractivity contribution in [3.8, 4) is 0 Å². The number of hydrogen-bond donors (Lipinski definition) is 3. The lowest BCUT2D eigenvalue weighted by molar-refractivity contribution is -0.119. The molecule has 0 aliphatic carbocycles. The Bertz CT molecular complexity index is 340. The molecule has 5 heteroatoms. The Hall–Kier alpha value is -1.62. The molecule has 0 saturated heterocycles. The minimum absolute atomic E-state index is 0.109. The molecular formula is C10H13N3OS. The maximum absolute atomic E-state index is 11.0. The van der Waals surface area contributed by atoms with Crippen molar-refractivity contribution in [3.05, 3.63) is 30.3 Å². The Kier molecular flexibility index (Phi) is 4.56. The van der Waals surface area contributed by atoms with E-state index in [4.69, 9.17) is 12.2 Å². The molecule has 15 heavy (non-hydrogen) atoms. The fourth-order valence-corrected chi connectivity index (χ4v) is 1.06. The van der Waals surface area contributed by atoms with E-state index < -0.39 is 0 Å². The van der Waals surface area contributed by atoms with Gasteiger partial charge in [-0.25, -0.2) is 0 Å². The summed E-state index contributed by atoms with van der Waals surface area (Å²) in [5, 5.41) is 2.79. The predicted molar refractivity (Wildman–Crippen MR) is 64.2 cm³/mol. The van der Waals surface area contributed by atoms with Crippen molar-refractivity contribution < 1.29 is 4.79 Å². The van der Waals surface area contributed by atoms with Gasteiger partial charge in [-0.2, -0.15) is 0 Å². The average Bonchev–Trinajstić information content (AvgIpc) is 2.27. The first-order valence-corrected chi connectivity index (χ1v) is 5.04. The largest absolute Gasteiger partial charge is 0.302 e. The lowest BCUT2D eigenvalue weighted by Crippen LogP contribution is -2.41. The summed E-state index contributed by atoms with van der Waals surface area (Å²) in [4.78, 5) is 11.0. The van der Waals surface area contributed by atoms with Crippen LogP contribution in [0.5, 0.6) is 0 Å². The summed E-state index contributed by atoms with van der Waals surface area (Å²) in [6.07, 6.45) is 0.410. The van der Waals surface area contributed by atoms with E-state index in [-0.39, 0.29) is 11.0 Å². The van der Waals surface area contributed by atoms with E-state index in [1.165, 1.54) is 0 Å². The second kappa shape index (κ2) is 5.98. The molecule has 0 aliphatic heterocycles. The number of hydrazine groups is 1. The first kappa shape index (κ1) is 11.5. The summed E-state index contributed by atoms with van der Waals surface area (Å²) in [6.45, 7) is 1.77. The number of para-hydroxylation sites is 1. The summed E-state index contributed by atoms with van der Waals surface area (Å²) in [7, 11) is 0. The summed E-state index contributed by atoms with van der Waals surface area (Å²) in [5.74, 6) is -0.109. The molecule has 0 fully saturated rings. The lowest BCUT2D eigenvalue weighted by Gasteiger charge is -2.10. The van der Waals surface area contributed by atoms with E-state index in [0.29, 0.717) is 6.42 Å². The highest BCUT2D eigenvalue weighted by Crippen LogP contribution is 2.02. The third kappa shape index (κ3) is 4.42. The van der Waals surface area contributed by atoms with Crippen molar-refractivity contribution in [2.75, 3.05) is 5.43 Å². The minimum atomic E-state index is -0.109. The van der Waals surface area contributed by atoms with Crippen molar-refractivity contribution in [3.63, 3.8) is 0 Å². The van der Waals surface area contributed by atoms with Gasteiger partial charge in [0.05, 0.1) is 5.69 Å². The van der Waals surface area contributed by atoms with Crippen LogP contribution in [0.1, 0.15) is 13.3 Å². The van der Waals surface area contributed by atoms with Gasteiger partial charge in [-0.3, -0.25) is 15.6 Å². The zero-order valence-electron chi connectivity index (χ0n) is 8.41. The predicted octanol–water partition coefficient (Wildman–Crippen LogP) is 1.41. The highest BCUT2D eigenvalue weighted by Gasteiger charge is 1.99. The van der Waals surface area contributed by atoms with Gasteiger partial charge in [-0.1, -0.05) is 25.1 Å². The lowest BCUT2D eigenvalue weighted by atomic mass is 10.3. The molecule has 1 rings (SSSR count). The molecule has 80 valence electrons. The van der Waals surface area contributed by atoms with Gasteiger partial charge < -0.3 is 5.32 Å². The molecule has 0 aromatic heterocycles. The maximum atomic E-state index is 11.0. The van der Waals surface area contributed by atoms with Crippen LogP contribution in [0.4, 0.5) is 5.69 Å². The van der Waals surface area contributed by atoms with Crippen molar-refractivity contribution in [2.45, 2.75) is 13.3 Å². The molecule has 0 atom stereocenters. The molecule has 4 nitrogen and oxygen atoms in total. The number of carbonyl (C=O) groups is 1. The molecule has 0 heterocycles. The summed E-state index contributed by atoms with van der Waals surface area (Å²) in [6, 6.07) is 9.49. The smallest absolute Gasteiger partial charge is 0.225 e. The van der Waals surface area contributed by atoms with E-state index in [9.17, 15) is 4.79 Å². The van der Waals surface area contributed by atoms with E-state index in [2.05, 4.69) is 16.2 Å². The van der Waals surface area contributed by atoms with Crippen molar-refractivity contribution in [1.29, 1.82) is 0 Å². The zero-order chi connectivity index (χ0) is 11.1. The van der Waals surface area contributed by atoms with Gasteiger partial charge >= 0.3 is 0 Å². The average molecular weight is 223 g/mol. The number of thiocarbonyl (C=S) groups is 1. The molecule has 1 aromatic carbocycles. The standard InChI is InChI=1S/C10H13N3OS/c1-2-9(14)11-10(15)13-12-8-6-4-3-5-7-8/h3-7,12H,2H2,1H3,(H2,11,13,14,15). The van der Waals surface area contributed by atoms with E-state index in [1.807, 2.05) is 30.3 Å². The van der Waals surface area contributed by atoms with E-state index in [1.54, 1.807) is 6.92 Å². The molecule has 1 aromatic rings. The number of rotatable bonds is 3. The quantitative estimate of drug-likeness (QED) is 0.536. The molecule has 0 bridgehead atoms. The van der Waals surface area contributed by atoms with Crippen LogP contribution in [0.15, 0.2) is 30.3 Å². The fourth-order valence-electron chi connectivity index (χ4n) is 0.897. The second-order valence-corrected chi connectivity index (χ2v) is 3.26. The number of benzene rings is 1. The minimum Gasteiger partial charge on any atom is -0.302 e. The van der Waals surface area contributed by atoms with Gasteiger partial charge in [0.2, 0.25) is 5.91 Å². The van der Waals surface area contributed by atoms with Crippen LogP contribution in [-0.2, 0) is 4.79 Å². The van der Waals surface area contributed by atoms with Crippen molar-refractivity contribution in [2.24, 2.45) is 0 Å². The Morgan fingerprint density at radius 2 is 2.00 bits per heavy atom. The molecule has 0 spiro atoms.